The molecule has 0 spiro atoms. The maximum absolute atomic E-state index is 13.5. The summed E-state index contributed by atoms with van der Waals surface area (Å²) in [5.74, 6) is -0.405. The molecule has 1 aromatic carbocycles. The van der Waals surface area contributed by atoms with Gasteiger partial charge >= 0.3 is 6.18 Å². The topological polar surface area (TPSA) is 91.1 Å². The van der Waals surface area contributed by atoms with Crippen LogP contribution in [0.25, 0.3) is 11.3 Å². The smallest absolute Gasteiger partial charge is 0.378 e. The lowest BCUT2D eigenvalue weighted by atomic mass is 10.0. The number of fused-ring (bicyclic) bond motifs is 3. The molecule has 2 aromatic rings. The van der Waals surface area contributed by atoms with Gasteiger partial charge in [0.25, 0.3) is 5.91 Å². The average molecular weight is 515 g/mol. The normalized spacial score (nSPS) is 23.5. The Labute approximate surface area is 203 Å². The number of hydrogen-bond donors (Lipinski definition) is 2. The van der Waals surface area contributed by atoms with E-state index >= 15 is 0 Å². The number of benzene rings is 1. The monoisotopic (exact) mass is 514 g/mol. The highest BCUT2D eigenvalue weighted by Gasteiger charge is 2.39. The first-order valence-corrected chi connectivity index (χ1v) is 13.5. The molecule has 4 heterocycles. The minimum absolute atomic E-state index is 0.0832. The van der Waals surface area contributed by atoms with Crippen molar-refractivity contribution >= 4 is 16.5 Å². The van der Waals surface area contributed by atoms with Gasteiger partial charge in [-0.2, -0.15) is 28.9 Å². The molecule has 1 amide bonds. The summed E-state index contributed by atoms with van der Waals surface area (Å²) >= 11 is 0. The number of aromatic nitrogens is 2. The molecule has 35 heavy (non-hydrogen) atoms. The van der Waals surface area contributed by atoms with Gasteiger partial charge in [-0.15, -0.1) is 0 Å². The van der Waals surface area contributed by atoms with Crippen molar-refractivity contribution in [1.29, 1.82) is 0 Å². The molecule has 5 rings (SSSR count). The van der Waals surface area contributed by atoms with E-state index in [1.165, 1.54) is 0 Å². The van der Waals surface area contributed by atoms with Gasteiger partial charge in [-0.05, 0) is 25.5 Å². The molecule has 0 saturated carbocycles. The lowest BCUT2D eigenvalue weighted by Crippen LogP contribution is -2.41. The number of nitrogens with zero attached hydrogens (tertiary/aromatic N) is 4. The van der Waals surface area contributed by atoms with Crippen molar-refractivity contribution in [3.05, 3.63) is 35.5 Å². The number of likely N-dealkylation sites (tertiary alicyclic amines) is 1. The van der Waals surface area contributed by atoms with Crippen LogP contribution >= 0.6 is 10.6 Å². The second-order valence-corrected chi connectivity index (χ2v) is 11.4. The molecule has 3 aliphatic rings. The van der Waals surface area contributed by atoms with Crippen LogP contribution in [0.1, 0.15) is 41.4 Å². The van der Waals surface area contributed by atoms with Gasteiger partial charge in [0.05, 0.1) is 42.0 Å². The van der Waals surface area contributed by atoms with E-state index in [9.17, 15) is 27.1 Å². The van der Waals surface area contributed by atoms with Crippen LogP contribution in [0.15, 0.2) is 29.2 Å². The Balaban J connectivity index is 1.55. The summed E-state index contributed by atoms with van der Waals surface area (Å²) in [6.45, 7) is 2.55. The second-order valence-electron chi connectivity index (χ2n) is 9.29. The van der Waals surface area contributed by atoms with Crippen molar-refractivity contribution in [2.75, 3.05) is 45.9 Å². The van der Waals surface area contributed by atoms with Gasteiger partial charge in [-0.3, -0.25) is 18.6 Å². The van der Waals surface area contributed by atoms with Crippen molar-refractivity contribution in [3.8, 4) is 11.3 Å². The summed E-state index contributed by atoms with van der Waals surface area (Å²) < 4.78 is 67.5. The van der Waals surface area contributed by atoms with Gasteiger partial charge in [0.1, 0.15) is 0 Å². The Morgan fingerprint density at radius 2 is 1.91 bits per heavy atom. The average Bonchev–Trinajstić information content (AvgIpc) is 3.21. The van der Waals surface area contributed by atoms with Crippen LogP contribution in [-0.4, -0.2) is 86.7 Å². The van der Waals surface area contributed by atoms with E-state index in [4.69, 9.17) is 9.84 Å². The van der Waals surface area contributed by atoms with Crippen molar-refractivity contribution in [1.82, 2.24) is 19.6 Å². The molecule has 12 heteroatoms. The number of carbonyl (C=O) groups excluding carboxylic acids is 1. The van der Waals surface area contributed by atoms with Crippen LogP contribution in [0, 0.1) is 0 Å². The van der Waals surface area contributed by atoms with Gasteiger partial charge in [0, 0.05) is 37.3 Å². The number of ether oxygens (including phenoxy) is 1. The molecule has 1 unspecified atom stereocenters. The van der Waals surface area contributed by atoms with Crippen molar-refractivity contribution < 1.29 is 31.8 Å². The molecule has 2 N–H and O–H groups in total. The maximum Gasteiger partial charge on any atom is 0.390 e. The molecule has 1 aromatic heterocycles. The van der Waals surface area contributed by atoms with Gasteiger partial charge in [0.2, 0.25) is 0 Å². The van der Waals surface area contributed by atoms with E-state index in [-0.39, 0.29) is 29.9 Å². The van der Waals surface area contributed by atoms with Gasteiger partial charge in [-0.25, -0.2) is 0 Å². The number of rotatable bonds is 4. The molecule has 8 nitrogen and oxygen atoms in total. The van der Waals surface area contributed by atoms with E-state index in [1.807, 2.05) is 0 Å². The van der Waals surface area contributed by atoms with Gasteiger partial charge in [-0.1, -0.05) is 18.2 Å². The lowest BCUT2D eigenvalue weighted by molar-refractivity contribution is -0.138. The molecule has 192 valence electrons. The molecule has 2 saturated heterocycles. The highest BCUT2D eigenvalue weighted by atomic mass is 32.3. The van der Waals surface area contributed by atoms with E-state index in [2.05, 4.69) is 0 Å². The first-order valence-electron chi connectivity index (χ1n) is 11.8. The van der Waals surface area contributed by atoms with Crippen LogP contribution in [0.3, 0.4) is 0 Å². The Morgan fingerprint density at radius 3 is 2.66 bits per heavy atom. The summed E-state index contributed by atoms with van der Waals surface area (Å²) in [5.41, 5.74) is 1.94. The van der Waals surface area contributed by atoms with Crippen LogP contribution in [0.2, 0.25) is 0 Å². The molecule has 1 atom stereocenters. The van der Waals surface area contributed by atoms with Crippen LogP contribution in [0.4, 0.5) is 13.2 Å². The molecular formula is C23H29F3N4O4S. The molecule has 0 radical (unpaired) electrons. The molecule has 0 aliphatic carbocycles. The fraction of sp³-hybridized carbons (Fsp3) is 0.565. The summed E-state index contributed by atoms with van der Waals surface area (Å²) in [7, 11) is -3.18. The van der Waals surface area contributed by atoms with Crippen molar-refractivity contribution in [3.63, 3.8) is 0 Å². The highest BCUT2D eigenvalue weighted by molar-refractivity contribution is 8.23. The summed E-state index contributed by atoms with van der Waals surface area (Å²) in [6, 6.07) is 6.75. The number of carbonyl (C=O) groups is 1. The fourth-order valence-electron chi connectivity index (χ4n) is 5.19. The molecule has 0 bridgehead atoms. The molecule has 2 fully saturated rings. The lowest BCUT2D eigenvalue weighted by Gasteiger charge is -2.39. The predicted molar refractivity (Wildman–Crippen MR) is 125 cm³/mol. The SMILES string of the molecule is O=C(c1nn(C2CCCN(CCC(F)(F)F)C2)c2c1CS(O)(O)c1ccccc1-2)N1CCOCC1. The number of hydrogen-bond acceptors (Lipinski definition) is 6. The number of amides is 1. The Morgan fingerprint density at radius 1 is 1.17 bits per heavy atom. The van der Waals surface area contributed by atoms with Crippen LogP contribution in [-0.2, 0) is 10.5 Å². The second kappa shape index (κ2) is 9.40. The van der Waals surface area contributed by atoms with E-state index in [0.717, 1.165) is 0 Å². The first-order chi connectivity index (χ1) is 16.6. The molecular weight excluding hydrogens is 485 g/mol. The highest BCUT2D eigenvalue weighted by Crippen LogP contribution is 2.60. The summed E-state index contributed by atoms with van der Waals surface area (Å²) in [5, 5.41) is 4.73. The number of halogens is 3. The quantitative estimate of drug-likeness (QED) is 0.635. The number of alkyl halides is 3. The van der Waals surface area contributed by atoms with E-state index in [1.54, 1.807) is 38.7 Å². The number of morpholine rings is 1. The van der Waals surface area contributed by atoms with Crippen molar-refractivity contribution in [2.24, 2.45) is 0 Å². The first kappa shape index (κ1) is 24.6. The predicted octanol–water partition coefficient (Wildman–Crippen LogP) is 4.23. The van der Waals surface area contributed by atoms with E-state index in [0.29, 0.717) is 74.0 Å². The third-order valence-corrected chi connectivity index (χ3v) is 8.64. The van der Waals surface area contributed by atoms with E-state index < -0.39 is 23.2 Å². The standard InChI is InChI=1S/C23H29F3N4O4S/c24-23(25,26)7-9-28-8-3-4-16(14-28)30-21-17-5-1-2-6-19(17)35(32,33)15-18(21)20(27-30)22(31)29-10-12-34-13-11-29/h1-2,5-6,16,32-33H,3-4,7-15H2. The fourth-order valence-corrected chi connectivity index (χ4v) is 6.83. The maximum atomic E-state index is 13.5. The number of piperidine rings is 1. The third-order valence-electron chi connectivity index (χ3n) is 6.89. The van der Waals surface area contributed by atoms with Gasteiger partial charge in [0.15, 0.2) is 5.69 Å². The minimum Gasteiger partial charge on any atom is -0.378 e. The summed E-state index contributed by atoms with van der Waals surface area (Å²) in [4.78, 5) is 17.3. The zero-order chi connectivity index (χ0) is 24.8. The summed E-state index contributed by atoms with van der Waals surface area (Å²) in [6.07, 6.45) is -3.68. The Bertz CT molecular complexity index is 1100. The Kier molecular flexibility index (Phi) is 6.60. The third kappa shape index (κ3) is 4.94. The largest absolute Gasteiger partial charge is 0.390 e. The minimum atomic E-state index is -4.22. The zero-order valence-corrected chi connectivity index (χ0v) is 20.0. The van der Waals surface area contributed by atoms with Gasteiger partial charge < -0.3 is 14.5 Å². The van der Waals surface area contributed by atoms with Crippen LogP contribution < -0.4 is 0 Å². The van der Waals surface area contributed by atoms with Crippen molar-refractivity contribution in [2.45, 2.75) is 42.1 Å². The zero-order valence-electron chi connectivity index (χ0n) is 19.2. The molecule has 3 aliphatic heterocycles. The van der Waals surface area contributed by atoms with Crippen LogP contribution in [0.5, 0.6) is 0 Å². The Hall–Kier alpha value is -2.12.